The largest absolute Gasteiger partial charge is 0.494 e. The van der Waals surface area contributed by atoms with Crippen molar-refractivity contribution in [3.63, 3.8) is 0 Å². The zero-order chi connectivity index (χ0) is 10.1. The van der Waals surface area contributed by atoms with Crippen LogP contribution in [0.15, 0.2) is 18.2 Å². The molecule has 0 saturated heterocycles. The SMILES string of the molecule is CCOc1ccc2c(c1)nc(C)n2C. The first-order valence-corrected chi connectivity index (χ1v) is 4.78. The van der Waals surface area contributed by atoms with Gasteiger partial charge in [0, 0.05) is 13.1 Å². The molecule has 1 aromatic carbocycles. The minimum absolute atomic E-state index is 0.692. The zero-order valence-corrected chi connectivity index (χ0v) is 8.74. The number of hydrogen-bond donors (Lipinski definition) is 0. The molecule has 0 spiro atoms. The van der Waals surface area contributed by atoms with Gasteiger partial charge in [-0.05, 0) is 26.0 Å². The number of aromatic nitrogens is 2. The molecule has 1 aromatic heterocycles. The van der Waals surface area contributed by atoms with Gasteiger partial charge in [0.2, 0.25) is 0 Å². The highest BCUT2D eigenvalue weighted by Crippen LogP contribution is 2.20. The maximum Gasteiger partial charge on any atom is 0.121 e. The molecule has 2 rings (SSSR count). The van der Waals surface area contributed by atoms with Gasteiger partial charge in [-0.15, -0.1) is 0 Å². The van der Waals surface area contributed by atoms with Gasteiger partial charge < -0.3 is 9.30 Å². The monoisotopic (exact) mass is 190 g/mol. The van der Waals surface area contributed by atoms with Crippen molar-refractivity contribution >= 4 is 11.0 Å². The molecule has 1 heterocycles. The second-order valence-electron chi connectivity index (χ2n) is 3.30. The number of aryl methyl sites for hydroxylation is 2. The first-order chi connectivity index (χ1) is 6.72. The highest BCUT2D eigenvalue weighted by atomic mass is 16.5. The minimum atomic E-state index is 0.692. The fraction of sp³-hybridized carbons (Fsp3) is 0.364. The van der Waals surface area contributed by atoms with Crippen molar-refractivity contribution < 1.29 is 4.74 Å². The first-order valence-electron chi connectivity index (χ1n) is 4.78. The molecule has 0 radical (unpaired) electrons. The van der Waals surface area contributed by atoms with Crippen LogP contribution >= 0.6 is 0 Å². The molecule has 0 atom stereocenters. The Balaban J connectivity index is 2.56. The summed E-state index contributed by atoms with van der Waals surface area (Å²) in [5.41, 5.74) is 2.14. The Morgan fingerprint density at radius 2 is 2.21 bits per heavy atom. The summed E-state index contributed by atoms with van der Waals surface area (Å²) in [4.78, 5) is 4.44. The second-order valence-corrected chi connectivity index (χ2v) is 3.30. The highest BCUT2D eigenvalue weighted by molar-refractivity contribution is 5.77. The van der Waals surface area contributed by atoms with E-state index in [1.165, 1.54) is 0 Å². The quantitative estimate of drug-likeness (QED) is 0.726. The van der Waals surface area contributed by atoms with E-state index in [-0.39, 0.29) is 0 Å². The Hall–Kier alpha value is -1.51. The van der Waals surface area contributed by atoms with Crippen LogP contribution in [0.4, 0.5) is 0 Å². The number of nitrogens with zero attached hydrogens (tertiary/aromatic N) is 2. The van der Waals surface area contributed by atoms with E-state index in [0.717, 1.165) is 22.6 Å². The van der Waals surface area contributed by atoms with Gasteiger partial charge >= 0.3 is 0 Å². The van der Waals surface area contributed by atoms with E-state index < -0.39 is 0 Å². The summed E-state index contributed by atoms with van der Waals surface area (Å²) in [5.74, 6) is 1.91. The molecule has 0 saturated carbocycles. The van der Waals surface area contributed by atoms with E-state index in [1.807, 2.05) is 39.1 Å². The molecule has 14 heavy (non-hydrogen) atoms. The van der Waals surface area contributed by atoms with E-state index in [1.54, 1.807) is 0 Å². The molecular weight excluding hydrogens is 176 g/mol. The third-order valence-electron chi connectivity index (χ3n) is 2.39. The van der Waals surface area contributed by atoms with Crippen LogP contribution in [-0.4, -0.2) is 16.2 Å². The standard InChI is InChI=1S/C11H14N2O/c1-4-14-9-5-6-11-10(7-9)12-8(2)13(11)3/h5-7H,4H2,1-3H3. The van der Waals surface area contributed by atoms with Crippen molar-refractivity contribution in [2.45, 2.75) is 13.8 Å². The lowest BCUT2D eigenvalue weighted by molar-refractivity contribution is 0.340. The molecule has 0 N–H and O–H groups in total. The molecular formula is C11H14N2O. The Morgan fingerprint density at radius 1 is 1.43 bits per heavy atom. The third-order valence-corrected chi connectivity index (χ3v) is 2.39. The molecule has 0 unspecified atom stereocenters. The lowest BCUT2D eigenvalue weighted by Crippen LogP contribution is -1.91. The average molecular weight is 190 g/mol. The van der Waals surface area contributed by atoms with Gasteiger partial charge in [-0.3, -0.25) is 0 Å². The van der Waals surface area contributed by atoms with Crippen molar-refractivity contribution in [2.24, 2.45) is 7.05 Å². The van der Waals surface area contributed by atoms with Crippen molar-refractivity contribution in [2.75, 3.05) is 6.61 Å². The maximum atomic E-state index is 5.41. The van der Waals surface area contributed by atoms with Crippen LogP contribution in [0.2, 0.25) is 0 Å². The van der Waals surface area contributed by atoms with Crippen LogP contribution in [-0.2, 0) is 7.05 Å². The number of hydrogen-bond acceptors (Lipinski definition) is 2. The average Bonchev–Trinajstić information content (AvgIpc) is 2.43. The fourth-order valence-electron chi connectivity index (χ4n) is 1.56. The Bertz CT molecular complexity index is 460. The molecule has 74 valence electrons. The predicted molar refractivity (Wildman–Crippen MR) is 56.6 cm³/mol. The minimum Gasteiger partial charge on any atom is -0.494 e. The van der Waals surface area contributed by atoms with Crippen molar-refractivity contribution in [1.29, 1.82) is 0 Å². The van der Waals surface area contributed by atoms with Gasteiger partial charge in [0.05, 0.1) is 17.6 Å². The third kappa shape index (κ3) is 1.35. The second kappa shape index (κ2) is 3.33. The number of fused-ring (bicyclic) bond motifs is 1. The lowest BCUT2D eigenvalue weighted by Gasteiger charge is -2.02. The first kappa shape index (κ1) is 9.06. The van der Waals surface area contributed by atoms with Gasteiger partial charge in [-0.2, -0.15) is 0 Å². The van der Waals surface area contributed by atoms with Gasteiger partial charge in [0.15, 0.2) is 0 Å². The molecule has 0 aliphatic carbocycles. The topological polar surface area (TPSA) is 27.1 Å². The fourth-order valence-corrected chi connectivity index (χ4v) is 1.56. The number of rotatable bonds is 2. The predicted octanol–water partition coefficient (Wildman–Crippen LogP) is 2.28. The van der Waals surface area contributed by atoms with Gasteiger partial charge in [-0.1, -0.05) is 0 Å². The molecule has 0 fully saturated rings. The molecule has 3 heteroatoms. The highest BCUT2D eigenvalue weighted by Gasteiger charge is 2.04. The van der Waals surface area contributed by atoms with Crippen molar-refractivity contribution in [3.8, 4) is 5.75 Å². The summed E-state index contributed by atoms with van der Waals surface area (Å²) >= 11 is 0. The van der Waals surface area contributed by atoms with Crippen molar-refractivity contribution in [1.82, 2.24) is 9.55 Å². The number of imidazole rings is 1. The maximum absolute atomic E-state index is 5.41. The van der Waals surface area contributed by atoms with E-state index in [2.05, 4.69) is 9.55 Å². The van der Waals surface area contributed by atoms with Gasteiger partial charge in [0.1, 0.15) is 11.6 Å². The van der Waals surface area contributed by atoms with E-state index >= 15 is 0 Å². The normalized spacial score (nSPS) is 10.8. The Morgan fingerprint density at radius 3 is 2.93 bits per heavy atom. The van der Waals surface area contributed by atoms with E-state index in [9.17, 15) is 0 Å². The van der Waals surface area contributed by atoms with Crippen LogP contribution in [0.1, 0.15) is 12.7 Å². The van der Waals surface area contributed by atoms with Gasteiger partial charge in [-0.25, -0.2) is 4.98 Å². The molecule has 2 aromatic rings. The molecule has 0 aliphatic rings. The summed E-state index contributed by atoms with van der Waals surface area (Å²) in [6, 6.07) is 6.00. The van der Waals surface area contributed by atoms with E-state index in [0.29, 0.717) is 6.61 Å². The van der Waals surface area contributed by atoms with Crippen LogP contribution in [0, 0.1) is 6.92 Å². The van der Waals surface area contributed by atoms with Crippen LogP contribution in [0.3, 0.4) is 0 Å². The summed E-state index contributed by atoms with van der Waals surface area (Å²) < 4.78 is 7.49. The van der Waals surface area contributed by atoms with E-state index in [4.69, 9.17) is 4.74 Å². The van der Waals surface area contributed by atoms with Gasteiger partial charge in [0.25, 0.3) is 0 Å². The van der Waals surface area contributed by atoms with Crippen molar-refractivity contribution in [3.05, 3.63) is 24.0 Å². The molecule has 0 bridgehead atoms. The molecule has 0 aliphatic heterocycles. The van der Waals surface area contributed by atoms with Crippen LogP contribution in [0.25, 0.3) is 11.0 Å². The molecule has 0 amide bonds. The van der Waals surface area contributed by atoms with Crippen LogP contribution < -0.4 is 4.74 Å². The lowest BCUT2D eigenvalue weighted by atomic mass is 10.3. The smallest absolute Gasteiger partial charge is 0.121 e. The Kier molecular flexibility index (Phi) is 2.15. The number of benzene rings is 1. The summed E-state index contributed by atoms with van der Waals surface area (Å²) in [5, 5.41) is 0. The Labute approximate surface area is 83.3 Å². The summed E-state index contributed by atoms with van der Waals surface area (Å²) in [7, 11) is 2.02. The summed E-state index contributed by atoms with van der Waals surface area (Å²) in [6.07, 6.45) is 0. The summed E-state index contributed by atoms with van der Waals surface area (Å²) in [6.45, 7) is 4.67. The molecule has 3 nitrogen and oxygen atoms in total. The van der Waals surface area contributed by atoms with Crippen LogP contribution in [0.5, 0.6) is 5.75 Å². The number of ether oxygens (including phenoxy) is 1. The zero-order valence-electron chi connectivity index (χ0n) is 8.74.